The minimum Gasteiger partial charge on any atom is -0.481 e. The second-order valence-electron chi connectivity index (χ2n) is 11.9. The van der Waals surface area contributed by atoms with Crippen molar-refractivity contribution in [3.8, 4) is 0 Å². The zero-order valence-corrected chi connectivity index (χ0v) is 28.8. The topological polar surface area (TPSA) is 83.8 Å². The van der Waals surface area contributed by atoms with Gasteiger partial charge in [0, 0.05) is 12.8 Å². The molecule has 5 nitrogen and oxygen atoms in total. The lowest BCUT2D eigenvalue weighted by atomic mass is 10.1. The number of unbranched alkanes of at least 4 members (excludes halogenated alkanes) is 12. The number of aliphatic hydroxyl groups excluding tert-OH is 1. The van der Waals surface area contributed by atoms with Gasteiger partial charge in [-0.25, -0.2) is 0 Å². The van der Waals surface area contributed by atoms with Gasteiger partial charge in [0.05, 0.1) is 6.10 Å². The summed E-state index contributed by atoms with van der Waals surface area (Å²) < 4.78 is 5.80. The Bertz CT molecular complexity index is 864. The van der Waals surface area contributed by atoms with Crippen molar-refractivity contribution < 1.29 is 24.5 Å². The fourth-order valence-electron chi connectivity index (χ4n) is 4.77. The maximum Gasteiger partial charge on any atom is 0.306 e. The van der Waals surface area contributed by atoms with E-state index >= 15 is 0 Å². The molecule has 0 aliphatic carbocycles. The Morgan fingerprint density at radius 3 is 1.69 bits per heavy atom. The first-order valence-corrected chi connectivity index (χ1v) is 18.1. The number of ether oxygens (including phenoxy) is 1. The van der Waals surface area contributed by atoms with Crippen LogP contribution in [0.1, 0.15) is 155 Å². The van der Waals surface area contributed by atoms with E-state index in [4.69, 9.17) is 9.84 Å². The van der Waals surface area contributed by atoms with E-state index < -0.39 is 5.97 Å². The monoisotopic (exact) mass is 626 g/mol. The van der Waals surface area contributed by atoms with E-state index in [1.54, 1.807) is 0 Å². The van der Waals surface area contributed by atoms with E-state index in [0.29, 0.717) is 6.42 Å². The zero-order valence-electron chi connectivity index (χ0n) is 28.8. The van der Waals surface area contributed by atoms with Crippen LogP contribution in [0.2, 0.25) is 0 Å². The smallest absolute Gasteiger partial charge is 0.306 e. The highest BCUT2D eigenvalue weighted by atomic mass is 16.5. The standard InChI is InChI=1S/C40H66O5/c1-3-5-25-31-37(41)32-27-21-17-13-9-7-12-16-20-24-30-36-40(44)45-38(33-26-6-4-2)34-28-22-18-14-10-8-11-15-19-23-29-35-39(42)43/h7-10,17-18,21-22,27-28,32,34,37-38,41H,3-6,11-16,19-20,23-26,29-31,33,35-36H2,1-2H3,(H,42,43)/b9-7-,10-8-,21-17-,22-18-,32-27+,34-28+. The number of hydrogen-bond acceptors (Lipinski definition) is 4. The Labute approximate surface area is 276 Å². The Morgan fingerprint density at radius 1 is 0.578 bits per heavy atom. The second-order valence-corrected chi connectivity index (χ2v) is 11.9. The Balaban J connectivity index is 4.06. The highest BCUT2D eigenvalue weighted by molar-refractivity contribution is 5.69. The Hall–Kier alpha value is -2.66. The molecule has 256 valence electrons. The molecule has 0 saturated heterocycles. The molecular formula is C40H66O5. The summed E-state index contributed by atoms with van der Waals surface area (Å²) in [6.07, 6.45) is 45.6. The van der Waals surface area contributed by atoms with Crippen molar-refractivity contribution in [3.05, 3.63) is 72.9 Å². The number of carbonyl (C=O) groups is 2. The molecule has 2 N–H and O–H groups in total. The number of allylic oxidation sites excluding steroid dienone is 10. The molecular weight excluding hydrogens is 560 g/mol. The SMILES string of the molecule is CCCCCC(O)/C=C/C=C\C/C=C\CCCCCCC(=O)OC(/C=C/C=C\C/C=C\CCCCCCC(=O)O)CCCCC. The molecule has 0 fully saturated rings. The average molecular weight is 627 g/mol. The van der Waals surface area contributed by atoms with Crippen molar-refractivity contribution in [1.29, 1.82) is 0 Å². The van der Waals surface area contributed by atoms with Gasteiger partial charge < -0.3 is 14.9 Å². The van der Waals surface area contributed by atoms with Gasteiger partial charge in [-0.2, -0.15) is 0 Å². The van der Waals surface area contributed by atoms with Crippen molar-refractivity contribution in [1.82, 2.24) is 0 Å². The summed E-state index contributed by atoms with van der Waals surface area (Å²) in [5, 5.41) is 18.5. The molecule has 45 heavy (non-hydrogen) atoms. The lowest BCUT2D eigenvalue weighted by Gasteiger charge is -2.14. The first-order chi connectivity index (χ1) is 22.0. The predicted molar refractivity (Wildman–Crippen MR) is 191 cm³/mol. The zero-order chi connectivity index (χ0) is 33.1. The van der Waals surface area contributed by atoms with Gasteiger partial charge in [-0.3, -0.25) is 9.59 Å². The largest absolute Gasteiger partial charge is 0.481 e. The van der Waals surface area contributed by atoms with E-state index in [9.17, 15) is 14.7 Å². The van der Waals surface area contributed by atoms with E-state index in [1.165, 1.54) is 12.8 Å². The molecule has 0 aliphatic rings. The third-order valence-corrected chi connectivity index (χ3v) is 7.52. The number of esters is 1. The lowest BCUT2D eigenvalue weighted by molar-refractivity contribution is -0.147. The van der Waals surface area contributed by atoms with Crippen molar-refractivity contribution >= 4 is 11.9 Å². The number of carboxylic acids is 1. The summed E-state index contributed by atoms with van der Waals surface area (Å²) in [6, 6.07) is 0. The van der Waals surface area contributed by atoms with Gasteiger partial charge in [-0.05, 0) is 76.7 Å². The van der Waals surface area contributed by atoms with Gasteiger partial charge >= 0.3 is 11.9 Å². The quantitative estimate of drug-likeness (QED) is 0.0346. The van der Waals surface area contributed by atoms with Gasteiger partial charge in [-0.15, -0.1) is 0 Å². The summed E-state index contributed by atoms with van der Waals surface area (Å²) >= 11 is 0. The van der Waals surface area contributed by atoms with Gasteiger partial charge in [0.15, 0.2) is 0 Å². The molecule has 0 radical (unpaired) electrons. The van der Waals surface area contributed by atoms with Gasteiger partial charge in [0.25, 0.3) is 0 Å². The third kappa shape index (κ3) is 34.1. The fraction of sp³-hybridized carbons (Fsp3) is 0.650. The molecule has 0 aromatic heterocycles. The molecule has 0 amide bonds. The number of aliphatic carboxylic acids is 1. The van der Waals surface area contributed by atoms with E-state index in [2.05, 4.69) is 50.3 Å². The molecule has 0 saturated carbocycles. The Kier molecular flexibility index (Phi) is 32.2. The summed E-state index contributed by atoms with van der Waals surface area (Å²) in [6.45, 7) is 4.35. The van der Waals surface area contributed by atoms with Crippen LogP contribution in [0, 0.1) is 0 Å². The van der Waals surface area contributed by atoms with Crippen LogP contribution in [-0.4, -0.2) is 34.4 Å². The Morgan fingerprint density at radius 2 is 1.11 bits per heavy atom. The van der Waals surface area contributed by atoms with Crippen molar-refractivity contribution in [2.45, 2.75) is 167 Å². The summed E-state index contributed by atoms with van der Waals surface area (Å²) in [5.41, 5.74) is 0. The molecule has 2 atom stereocenters. The molecule has 0 heterocycles. The van der Waals surface area contributed by atoms with Crippen LogP contribution in [0.25, 0.3) is 0 Å². The first kappa shape index (κ1) is 42.3. The van der Waals surface area contributed by atoms with E-state index in [0.717, 1.165) is 116 Å². The van der Waals surface area contributed by atoms with Gasteiger partial charge in [0.2, 0.25) is 0 Å². The maximum atomic E-state index is 12.5. The molecule has 0 aromatic carbocycles. The van der Waals surface area contributed by atoms with Crippen molar-refractivity contribution in [2.24, 2.45) is 0 Å². The maximum absolute atomic E-state index is 12.5. The van der Waals surface area contributed by atoms with Crippen molar-refractivity contribution in [2.75, 3.05) is 0 Å². The highest BCUT2D eigenvalue weighted by Crippen LogP contribution is 2.13. The molecule has 5 heteroatoms. The molecule has 0 bridgehead atoms. The predicted octanol–water partition coefficient (Wildman–Crippen LogP) is 11.3. The average Bonchev–Trinajstić information content (AvgIpc) is 3.01. The minimum absolute atomic E-state index is 0.0924. The van der Waals surface area contributed by atoms with Crippen LogP contribution < -0.4 is 0 Å². The van der Waals surface area contributed by atoms with Crippen LogP contribution >= 0.6 is 0 Å². The van der Waals surface area contributed by atoms with Gasteiger partial charge in [0.1, 0.15) is 6.10 Å². The van der Waals surface area contributed by atoms with Gasteiger partial charge in [-0.1, -0.05) is 138 Å². The number of rotatable bonds is 31. The fourth-order valence-corrected chi connectivity index (χ4v) is 4.77. The number of hydrogen-bond donors (Lipinski definition) is 2. The molecule has 2 unspecified atom stereocenters. The first-order valence-electron chi connectivity index (χ1n) is 18.1. The number of aliphatic hydroxyl groups is 1. The number of carbonyl (C=O) groups excluding carboxylic acids is 1. The van der Waals surface area contributed by atoms with Crippen LogP contribution in [0.15, 0.2) is 72.9 Å². The summed E-state index contributed by atoms with van der Waals surface area (Å²) in [4.78, 5) is 23.0. The third-order valence-electron chi connectivity index (χ3n) is 7.52. The van der Waals surface area contributed by atoms with Crippen LogP contribution in [0.5, 0.6) is 0 Å². The summed E-state index contributed by atoms with van der Waals surface area (Å²) in [5.74, 6) is -0.798. The number of carboxylic acid groups (broad SMARTS) is 1. The normalized spacial score (nSPS) is 13.8. The van der Waals surface area contributed by atoms with E-state index in [-0.39, 0.29) is 24.6 Å². The molecule has 0 spiro atoms. The molecule has 0 rings (SSSR count). The van der Waals surface area contributed by atoms with Crippen molar-refractivity contribution in [3.63, 3.8) is 0 Å². The van der Waals surface area contributed by atoms with Crippen LogP contribution in [0.4, 0.5) is 0 Å². The highest BCUT2D eigenvalue weighted by Gasteiger charge is 2.11. The summed E-state index contributed by atoms with van der Waals surface area (Å²) in [7, 11) is 0. The molecule has 0 aromatic rings. The van der Waals surface area contributed by atoms with Crippen LogP contribution in [-0.2, 0) is 14.3 Å². The second kappa shape index (κ2) is 34.2. The molecule has 0 aliphatic heterocycles. The lowest BCUT2D eigenvalue weighted by Crippen LogP contribution is -2.16. The van der Waals surface area contributed by atoms with Crippen LogP contribution in [0.3, 0.4) is 0 Å². The van der Waals surface area contributed by atoms with E-state index in [1.807, 2.05) is 36.5 Å². The minimum atomic E-state index is -0.706.